The molecule has 66 valence electrons. The van der Waals surface area contributed by atoms with E-state index in [-0.39, 0.29) is 0 Å². The van der Waals surface area contributed by atoms with Gasteiger partial charge in [-0.25, -0.2) is 4.79 Å². The van der Waals surface area contributed by atoms with Gasteiger partial charge in [0.05, 0.1) is 12.4 Å². The summed E-state index contributed by atoms with van der Waals surface area (Å²) in [4.78, 5) is 16.3. The summed E-state index contributed by atoms with van der Waals surface area (Å²) in [7, 11) is 0. The summed E-state index contributed by atoms with van der Waals surface area (Å²) in [6, 6.07) is 8.31. The smallest absolute Gasteiger partial charge is 0.367 e. The third-order valence-electron chi connectivity index (χ3n) is 1.19. The molecule has 1 heterocycles. The van der Waals surface area contributed by atoms with Crippen LogP contribution in [0.25, 0.3) is 0 Å². The van der Waals surface area contributed by atoms with Crippen molar-refractivity contribution in [1.82, 2.24) is 0 Å². The van der Waals surface area contributed by atoms with Gasteiger partial charge in [-0.2, -0.15) is 9.98 Å². The van der Waals surface area contributed by atoms with Crippen LogP contribution in [0.1, 0.15) is 0 Å². The highest BCUT2D eigenvalue weighted by Gasteiger charge is 1.91. The van der Waals surface area contributed by atoms with Crippen LogP contribution in [0.3, 0.4) is 0 Å². The molecule has 1 aliphatic heterocycles. The Labute approximate surface area is 75.3 Å². The van der Waals surface area contributed by atoms with Crippen molar-refractivity contribution in [2.24, 2.45) is 9.98 Å². The van der Waals surface area contributed by atoms with Crippen LogP contribution in [0.5, 0.6) is 5.75 Å². The van der Waals surface area contributed by atoms with Gasteiger partial charge in [0, 0.05) is 0 Å². The van der Waals surface area contributed by atoms with Crippen LogP contribution in [0, 0.1) is 0 Å². The van der Waals surface area contributed by atoms with Gasteiger partial charge in [-0.3, -0.25) is 0 Å². The number of hydrogen-bond donors (Lipinski definition) is 1. The van der Waals surface area contributed by atoms with Crippen molar-refractivity contribution in [3.05, 3.63) is 30.3 Å². The summed E-state index contributed by atoms with van der Waals surface area (Å²) >= 11 is 0. The molecule has 0 fully saturated rings. The van der Waals surface area contributed by atoms with E-state index in [1.807, 2.05) is 6.07 Å². The summed E-state index contributed by atoms with van der Waals surface area (Å²) < 4.78 is 0. The van der Waals surface area contributed by atoms with Crippen LogP contribution >= 0.6 is 0 Å². The zero-order valence-electron chi connectivity index (χ0n) is 6.79. The maximum atomic E-state index is 9.85. The van der Waals surface area contributed by atoms with E-state index in [1.54, 1.807) is 24.3 Å². The van der Waals surface area contributed by atoms with Gasteiger partial charge in [-0.1, -0.05) is 18.2 Å². The number of phenolic OH excluding ortho intramolecular Hbond substituents is 1. The molecule has 1 aromatic rings. The van der Waals surface area contributed by atoms with Crippen molar-refractivity contribution in [3.63, 3.8) is 0 Å². The topological polar surface area (TPSA) is 62.0 Å². The lowest BCUT2D eigenvalue weighted by Gasteiger charge is -1.82. The Bertz CT molecular complexity index is 317. The number of carbonyl (C=O) groups excluding carboxylic acids is 1. The quantitative estimate of drug-likeness (QED) is 0.653. The average molecular weight is 176 g/mol. The van der Waals surface area contributed by atoms with Gasteiger partial charge < -0.3 is 5.11 Å². The number of aliphatic imine (C=N–C) groups is 2. The van der Waals surface area contributed by atoms with Crippen LogP contribution in [0.4, 0.5) is 4.79 Å². The number of nitrogens with zero attached hydrogens (tertiary/aromatic N) is 2. The lowest BCUT2D eigenvalue weighted by atomic mass is 10.3. The molecule has 13 heavy (non-hydrogen) atoms. The minimum Gasteiger partial charge on any atom is -0.508 e. The Morgan fingerprint density at radius 1 is 1.00 bits per heavy atom. The van der Waals surface area contributed by atoms with E-state index in [4.69, 9.17) is 5.11 Å². The number of carbonyl (C=O) groups is 1. The number of amides is 2. The molecular formula is C9H8N2O2. The van der Waals surface area contributed by atoms with Gasteiger partial charge in [-0.05, 0) is 12.1 Å². The zero-order chi connectivity index (χ0) is 9.52. The Morgan fingerprint density at radius 2 is 1.54 bits per heavy atom. The van der Waals surface area contributed by atoms with Gasteiger partial charge in [0.1, 0.15) is 5.75 Å². The molecule has 2 amide bonds. The van der Waals surface area contributed by atoms with Crippen molar-refractivity contribution < 1.29 is 9.90 Å². The number of urea groups is 1. The highest BCUT2D eigenvalue weighted by Crippen LogP contribution is 2.02. The molecule has 2 rings (SSSR count). The first-order chi connectivity index (χ1) is 6.29. The van der Waals surface area contributed by atoms with Crippen molar-refractivity contribution in [3.8, 4) is 5.75 Å². The largest absolute Gasteiger partial charge is 0.508 e. The maximum absolute atomic E-state index is 9.85. The number of hydrogen-bond acceptors (Lipinski definition) is 2. The molecular weight excluding hydrogens is 168 g/mol. The van der Waals surface area contributed by atoms with Crippen LogP contribution in [-0.4, -0.2) is 23.6 Å². The summed E-state index contributed by atoms with van der Waals surface area (Å²) in [5.41, 5.74) is 0. The standard InChI is InChI=1S/C6H6O.C3H2N2O/c7-6-4-2-1-3-5-6;6-3-4-1-2-5-3/h1-5,7H;1-2H. The molecule has 0 unspecified atom stereocenters. The van der Waals surface area contributed by atoms with Crippen LogP contribution < -0.4 is 0 Å². The molecule has 0 radical (unpaired) electrons. The van der Waals surface area contributed by atoms with Gasteiger partial charge >= 0.3 is 6.03 Å². The SMILES string of the molecule is O=C1N=CC=N1.Oc1ccccc1. The fourth-order valence-corrected chi connectivity index (χ4v) is 0.656. The van der Waals surface area contributed by atoms with Crippen molar-refractivity contribution in [2.45, 2.75) is 0 Å². The summed E-state index contributed by atoms with van der Waals surface area (Å²) in [5, 5.41) is 8.63. The molecule has 1 N–H and O–H groups in total. The predicted molar refractivity (Wildman–Crippen MR) is 50.5 cm³/mol. The molecule has 0 bridgehead atoms. The molecule has 0 aliphatic carbocycles. The van der Waals surface area contributed by atoms with Gasteiger partial charge in [-0.15, -0.1) is 0 Å². The second-order valence-corrected chi connectivity index (χ2v) is 2.17. The fraction of sp³-hybridized carbons (Fsp3) is 0. The van der Waals surface area contributed by atoms with Crippen LogP contribution in [0.15, 0.2) is 40.3 Å². The average Bonchev–Trinajstić information content (AvgIpc) is 2.58. The lowest BCUT2D eigenvalue weighted by Crippen LogP contribution is -1.70. The Hall–Kier alpha value is -1.97. The lowest BCUT2D eigenvalue weighted by molar-refractivity contribution is 0.257. The van der Waals surface area contributed by atoms with Gasteiger partial charge in [0.2, 0.25) is 0 Å². The second-order valence-electron chi connectivity index (χ2n) is 2.17. The zero-order valence-corrected chi connectivity index (χ0v) is 6.79. The molecule has 1 aromatic carbocycles. The third kappa shape index (κ3) is 3.81. The number of phenols is 1. The third-order valence-corrected chi connectivity index (χ3v) is 1.19. The number of benzene rings is 1. The second kappa shape index (κ2) is 4.82. The normalized spacial score (nSPS) is 12.5. The minimum atomic E-state index is -0.407. The van der Waals surface area contributed by atoms with Gasteiger partial charge in [0.25, 0.3) is 0 Å². The molecule has 0 aromatic heterocycles. The van der Waals surface area contributed by atoms with E-state index in [2.05, 4.69) is 9.98 Å². The van der Waals surface area contributed by atoms with E-state index < -0.39 is 6.03 Å². The molecule has 1 aliphatic rings. The molecule has 0 spiro atoms. The van der Waals surface area contributed by atoms with Gasteiger partial charge in [0.15, 0.2) is 0 Å². The Kier molecular flexibility index (Phi) is 3.38. The van der Waals surface area contributed by atoms with E-state index in [0.717, 1.165) is 0 Å². The number of rotatable bonds is 0. The molecule has 0 saturated heterocycles. The molecule has 0 saturated carbocycles. The molecule has 0 atom stereocenters. The first-order valence-corrected chi connectivity index (χ1v) is 3.64. The van der Waals surface area contributed by atoms with E-state index >= 15 is 0 Å². The summed E-state index contributed by atoms with van der Waals surface area (Å²) in [5.74, 6) is 0.322. The van der Waals surface area contributed by atoms with Crippen molar-refractivity contribution in [1.29, 1.82) is 0 Å². The van der Waals surface area contributed by atoms with Crippen molar-refractivity contribution >= 4 is 18.5 Å². The number of aromatic hydroxyl groups is 1. The first kappa shape index (κ1) is 9.12. The number of para-hydroxylation sites is 1. The summed E-state index contributed by atoms with van der Waals surface area (Å²) in [6.07, 6.45) is 2.73. The molecule has 4 nitrogen and oxygen atoms in total. The minimum absolute atomic E-state index is 0.322. The highest BCUT2D eigenvalue weighted by molar-refractivity contribution is 6.25. The van der Waals surface area contributed by atoms with Crippen LogP contribution in [-0.2, 0) is 0 Å². The summed E-state index contributed by atoms with van der Waals surface area (Å²) in [6.45, 7) is 0. The Balaban J connectivity index is 0.000000132. The van der Waals surface area contributed by atoms with E-state index in [0.29, 0.717) is 5.75 Å². The highest BCUT2D eigenvalue weighted by atomic mass is 16.3. The maximum Gasteiger partial charge on any atom is 0.367 e. The fourth-order valence-electron chi connectivity index (χ4n) is 0.656. The van der Waals surface area contributed by atoms with Crippen molar-refractivity contribution in [2.75, 3.05) is 0 Å². The monoisotopic (exact) mass is 176 g/mol. The first-order valence-electron chi connectivity index (χ1n) is 3.64. The predicted octanol–water partition coefficient (Wildman–Crippen LogP) is 1.65. The van der Waals surface area contributed by atoms with E-state index in [1.165, 1.54) is 12.4 Å². The van der Waals surface area contributed by atoms with Crippen LogP contribution in [0.2, 0.25) is 0 Å². The molecule has 4 heteroatoms. The Morgan fingerprint density at radius 3 is 1.77 bits per heavy atom. The van der Waals surface area contributed by atoms with E-state index in [9.17, 15) is 4.79 Å².